The molecule has 156 valence electrons. The fraction of sp³-hybridized carbons (Fsp3) is 0.263. The number of hydrogen-bond acceptors (Lipinski definition) is 9. The van der Waals surface area contributed by atoms with Crippen molar-refractivity contribution in [2.45, 2.75) is 26.3 Å². The predicted molar refractivity (Wildman–Crippen MR) is 115 cm³/mol. The van der Waals surface area contributed by atoms with Crippen LogP contribution in [-0.4, -0.2) is 37.4 Å². The summed E-state index contributed by atoms with van der Waals surface area (Å²) in [6, 6.07) is 6.74. The van der Waals surface area contributed by atoms with Crippen LogP contribution in [-0.2, 0) is 4.79 Å². The molecule has 0 aliphatic rings. The lowest BCUT2D eigenvalue weighted by Crippen LogP contribution is -2.37. The average Bonchev–Trinajstić information content (AvgIpc) is 3.22. The van der Waals surface area contributed by atoms with E-state index < -0.39 is 17.9 Å². The lowest BCUT2D eigenvalue weighted by Gasteiger charge is -2.18. The van der Waals surface area contributed by atoms with Gasteiger partial charge in [-0.05, 0) is 36.0 Å². The first-order chi connectivity index (χ1) is 14.3. The molecule has 2 amide bonds. The van der Waals surface area contributed by atoms with Gasteiger partial charge < -0.3 is 22.1 Å². The highest BCUT2D eigenvalue weighted by Crippen LogP contribution is 2.24. The molecule has 3 rings (SSSR count). The molecular formula is C19H22N8O2S. The number of benzene rings is 1. The van der Waals surface area contributed by atoms with E-state index in [0.29, 0.717) is 12.1 Å². The van der Waals surface area contributed by atoms with Gasteiger partial charge in [-0.25, -0.2) is 4.98 Å². The highest BCUT2D eigenvalue weighted by molar-refractivity contribution is 7.03. The van der Waals surface area contributed by atoms with Crippen molar-refractivity contribution < 1.29 is 9.59 Å². The number of aromatic nitrogens is 4. The van der Waals surface area contributed by atoms with Gasteiger partial charge in [0, 0.05) is 22.8 Å². The molecule has 1 aromatic carbocycles. The first-order valence-corrected chi connectivity index (χ1v) is 10.0. The van der Waals surface area contributed by atoms with Crippen LogP contribution in [0.15, 0.2) is 35.8 Å². The molecule has 0 bridgehead atoms. The van der Waals surface area contributed by atoms with Gasteiger partial charge in [-0.15, -0.1) is 5.10 Å². The number of nitrogens with zero attached hydrogens (tertiary/aromatic N) is 4. The van der Waals surface area contributed by atoms with E-state index in [1.54, 1.807) is 0 Å². The fourth-order valence-corrected chi connectivity index (χ4v) is 3.22. The minimum absolute atomic E-state index is 0.118. The maximum Gasteiger partial charge on any atom is 0.254 e. The number of nitrogens with two attached hydrogens (primary N) is 2. The number of nitrogens with one attached hydrogen (secondary N) is 2. The summed E-state index contributed by atoms with van der Waals surface area (Å²) in [5, 5.41) is 11.9. The molecule has 1 unspecified atom stereocenters. The molecule has 6 N–H and O–H groups in total. The van der Waals surface area contributed by atoms with Gasteiger partial charge >= 0.3 is 0 Å². The second-order valence-electron chi connectivity index (χ2n) is 7.04. The second-order valence-corrected chi connectivity index (χ2v) is 7.65. The van der Waals surface area contributed by atoms with Crippen LogP contribution >= 0.6 is 11.5 Å². The average molecular weight is 427 g/mol. The Balaban J connectivity index is 1.84. The molecule has 2 aromatic heterocycles. The van der Waals surface area contributed by atoms with Crippen molar-refractivity contribution in [2.24, 2.45) is 17.4 Å². The predicted octanol–water partition coefficient (Wildman–Crippen LogP) is 2.15. The Bertz CT molecular complexity index is 1020. The third-order valence-corrected chi connectivity index (χ3v) is 4.72. The molecule has 30 heavy (non-hydrogen) atoms. The minimum atomic E-state index is -0.678. The van der Waals surface area contributed by atoms with Crippen LogP contribution in [0.4, 0.5) is 17.5 Å². The van der Waals surface area contributed by atoms with Gasteiger partial charge in [0.25, 0.3) is 5.91 Å². The lowest BCUT2D eigenvalue weighted by atomic mass is 10.0. The van der Waals surface area contributed by atoms with Crippen molar-refractivity contribution in [1.29, 1.82) is 0 Å². The van der Waals surface area contributed by atoms with Crippen LogP contribution in [0.25, 0.3) is 11.3 Å². The van der Waals surface area contributed by atoms with Gasteiger partial charge in [0.15, 0.2) is 0 Å². The third kappa shape index (κ3) is 5.26. The topological polar surface area (TPSA) is 162 Å². The molecule has 0 saturated carbocycles. The lowest BCUT2D eigenvalue weighted by molar-refractivity contribution is -0.119. The van der Waals surface area contributed by atoms with Crippen molar-refractivity contribution in [3.05, 3.63) is 41.4 Å². The van der Waals surface area contributed by atoms with E-state index >= 15 is 0 Å². The Morgan fingerprint density at radius 1 is 1.17 bits per heavy atom. The van der Waals surface area contributed by atoms with E-state index in [9.17, 15) is 9.59 Å². The van der Waals surface area contributed by atoms with Crippen molar-refractivity contribution in [2.75, 3.05) is 10.6 Å². The highest BCUT2D eigenvalue weighted by Gasteiger charge is 2.19. The standard InChI is InChI=1S/C19H22N8O2S/c1-10(2)7-14(17(21)29)24-19-22-8-13(16(20)28)18(25-19)23-12-5-3-11(4-6-12)15-9-30-27-26-15/h3-6,8-10,14H,7H2,1-2H3,(H2,20,28)(H2,21,29)(H2,22,23,24,25). The van der Waals surface area contributed by atoms with Crippen LogP contribution in [0.5, 0.6) is 0 Å². The summed E-state index contributed by atoms with van der Waals surface area (Å²) in [6.07, 6.45) is 1.83. The summed E-state index contributed by atoms with van der Waals surface area (Å²) < 4.78 is 3.85. The van der Waals surface area contributed by atoms with Crippen molar-refractivity contribution in [3.8, 4) is 11.3 Å². The Morgan fingerprint density at radius 2 is 1.90 bits per heavy atom. The molecule has 0 spiro atoms. The number of amides is 2. The minimum Gasteiger partial charge on any atom is -0.368 e. The highest BCUT2D eigenvalue weighted by atomic mass is 32.1. The summed E-state index contributed by atoms with van der Waals surface area (Å²) >= 11 is 1.27. The molecule has 0 aliphatic heterocycles. The number of carbonyl (C=O) groups is 2. The molecule has 0 aliphatic carbocycles. The van der Waals surface area contributed by atoms with E-state index in [4.69, 9.17) is 11.5 Å². The van der Waals surface area contributed by atoms with Gasteiger partial charge in [-0.3, -0.25) is 9.59 Å². The molecule has 0 saturated heterocycles. The summed E-state index contributed by atoms with van der Waals surface area (Å²) in [5.74, 6) is -0.562. The van der Waals surface area contributed by atoms with Crippen LogP contribution in [0.3, 0.4) is 0 Å². The molecule has 10 nitrogen and oxygen atoms in total. The molecule has 0 radical (unpaired) electrons. The summed E-state index contributed by atoms with van der Waals surface area (Å²) in [4.78, 5) is 32.0. The number of primary amides is 2. The fourth-order valence-electron chi connectivity index (χ4n) is 2.75. The van der Waals surface area contributed by atoms with E-state index in [2.05, 4.69) is 30.2 Å². The second kappa shape index (κ2) is 9.27. The zero-order chi connectivity index (χ0) is 21.7. The van der Waals surface area contributed by atoms with Gasteiger partial charge in [-0.2, -0.15) is 4.98 Å². The van der Waals surface area contributed by atoms with E-state index in [0.717, 1.165) is 11.3 Å². The largest absolute Gasteiger partial charge is 0.368 e. The van der Waals surface area contributed by atoms with Crippen LogP contribution in [0.1, 0.15) is 30.6 Å². The van der Waals surface area contributed by atoms with Crippen molar-refractivity contribution >= 4 is 40.8 Å². The molecule has 0 fully saturated rings. The van der Waals surface area contributed by atoms with Gasteiger partial charge in [0.1, 0.15) is 23.1 Å². The van der Waals surface area contributed by atoms with Gasteiger partial charge in [0.05, 0.1) is 0 Å². The maximum atomic E-state index is 11.8. The zero-order valence-electron chi connectivity index (χ0n) is 16.5. The third-order valence-electron chi connectivity index (χ3n) is 4.21. The zero-order valence-corrected chi connectivity index (χ0v) is 17.3. The molecule has 11 heteroatoms. The van der Waals surface area contributed by atoms with Crippen LogP contribution in [0.2, 0.25) is 0 Å². The Hall–Kier alpha value is -3.60. The molecule has 1 atom stereocenters. The monoisotopic (exact) mass is 426 g/mol. The summed E-state index contributed by atoms with van der Waals surface area (Å²) in [7, 11) is 0. The summed E-state index contributed by atoms with van der Waals surface area (Å²) in [6.45, 7) is 3.96. The number of rotatable bonds is 9. The molecule has 2 heterocycles. The van der Waals surface area contributed by atoms with Crippen LogP contribution < -0.4 is 22.1 Å². The van der Waals surface area contributed by atoms with Crippen LogP contribution in [0, 0.1) is 5.92 Å². The van der Waals surface area contributed by atoms with Gasteiger partial charge in [0.2, 0.25) is 11.9 Å². The Morgan fingerprint density at radius 3 is 2.47 bits per heavy atom. The smallest absolute Gasteiger partial charge is 0.254 e. The molecular weight excluding hydrogens is 404 g/mol. The summed E-state index contributed by atoms with van der Waals surface area (Å²) in [5.41, 5.74) is 13.4. The normalized spacial score (nSPS) is 11.8. The first kappa shape index (κ1) is 21.1. The number of carbonyl (C=O) groups excluding carboxylic acids is 2. The Labute approximate surface area is 177 Å². The van der Waals surface area contributed by atoms with E-state index in [1.165, 1.54) is 17.7 Å². The Kier molecular flexibility index (Phi) is 6.52. The SMILES string of the molecule is CC(C)CC(Nc1ncc(C(N)=O)c(Nc2ccc(-c3csnn3)cc2)n1)C(N)=O. The first-order valence-electron chi connectivity index (χ1n) is 9.20. The van der Waals surface area contributed by atoms with Crippen molar-refractivity contribution in [1.82, 2.24) is 19.6 Å². The van der Waals surface area contributed by atoms with Gasteiger partial charge in [-0.1, -0.05) is 30.5 Å². The van der Waals surface area contributed by atoms with Crippen molar-refractivity contribution in [3.63, 3.8) is 0 Å². The number of anilines is 3. The molecule has 3 aromatic rings. The maximum absolute atomic E-state index is 11.8. The quantitative estimate of drug-likeness (QED) is 0.404. The van der Waals surface area contributed by atoms with E-state index in [-0.39, 0.29) is 23.2 Å². The number of hydrogen-bond donors (Lipinski definition) is 4. The van der Waals surface area contributed by atoms with E-state index in [1.807, 2.05) is 43.5 Å².